The summed E-state index contributed by atoms with van der Waals surface area (Å²) < 4.78 is 6.19. The molecule has 4 rings (SSSR count). The molecule has 1 atom stereocenters. The van der Waals surface area contributed by atoms with Gasteiger partial charge in [-0.25, -0.2) is 0 Å². The van der Waals surface area contributed by atoms with Crippen molar-refractivity contribution in [3.8, 4) is 16.9 Å². The van der Waals surface area contributed by atoms with Gasteiger partial charge >= 0.3 is 5.97 Å². The fourth-order valence-corrected chi connectivity index (χ4v) is 4.59. The van der Waals surface area contributed by atoms with Gasteiger partial charge in [-0.3, -0.25) is 9.69 Å². The van der Waals surface area contributed by atoms with Gasteiger partial charge in [0.2, 0.25) is 0 Å². The lowest BCUT2D eigenvalue weighted by atomic mass is 9.97. The molecule has 0 amide bonds. The van der Waals surface area contributed by atoms with Gasteiger partial charge in [-0.05, 0) is 72.7 Å². The average Bonchev–Trinajstić information content (AvgIpc) is 2.80. The lowest BCUT2D eigenvalue weighted by Crippen LogP contribution is -2.43. The second-order valence-electron chi connectivity index (χ2n) is 8.66. The summed E-state index contributed by atoms with van der Waals surface area (Å²) in [7, 11) is 0. The Bertz CT molecular complexity index is 1080. The second kappa shape index (κ2) is 10.0. The summed E-state index contributed by atoms with van der Waals surface area (Å²) in [6.07, 6.45) is 2.78. The van der Waals surface area contributed by atoms with Crippen molar-refractivity contribution in [2.75, 3.05) is 6.54 Å². The van der Waals surface area contributed by atoms with E-state index in [1.54, 1.807) is 0 Å². The quantitative estimate of drug-likeness (QED) is 0.501. The van der Waals surface area contributed by atoms with Crippen molar-refractivity contribution < 1.29 is 14.6 Å². The van der Waals surface area contributed by atoms with Gasteiger partial charge in [0.25, 0.3) is 0 Å². The zero-order valence-electron chi connectivity index (χ0n) is 18.9. The van der Waals surface area contributed by atoms with Crippen LogP contribution in [0.15, 0.2) is 66.7 Å². The molecule has 3 aromatic carbocycles. The number of rotatable bonds is 7. The van der Waals surface area contributed by atoms with Gasteiger partial charge in [0, 0.05) is 6.54 Å². The number of carboxylic acid groups (broad SMARTS) is 1. The van der Waals surface area contributed by atoms with Crippen LogP contribution >= 0.6 is 0 Å². The molecule has 1 saturated heterocycles. The third-order valence-corrected chi connectivity index (χ3v) is 6.44. The molecule has 166 valence electrons. The lowest BCUT2D eigenvalue weighted by Gasteiger charge is -2.33. The second-order valence-corrected chi connectivity index (χ2v) is 8.66. The summed E-state index contributed by atoms with van der Waals surface area (Å²) >= 11 is 0. The first kappa shape index (κ1) is 22.1. The van der Waals surface area contributed by atoms with E-state index < -0.39 is 5.97 Å². The van der Waals surface area contributed by atoms with Crippen molar-refractivity contribution in [1.82, 2.24) is 4.90 Å². The molecule has 0 bridgehead atoms. The number of aliphatic carboxylic acids is 1. The molecule has 0 aromatic heterocycles. The largest absolute Gasteiger partial charge is 0.489 e. The summed E-state index contributed by atoms with van der Waals surface area (Å²) in [5, 5.41) is 9.52. The highest BCUT2D eigenvalue weighted by atomic mass is 16.5. The zero-order chi connectivity index (χ0) is 22.5. The predicted octanol–water partition coefficient (Wildman–Crippen LogP) is 5.99. The van der Waals surface area contributed by atoms with Crippen LogP contribution in [-0.2, 0) is 17.9 Å². The number of aryl methyl sites for hydroxylation is 1. The van der Waals surface area contributed by atoms with Crippen molar-refractivity contribution in [3.05, 3.63) is 89.0 Å². The number of carboxylic acids is 1. The fourth-order valence-electron chi connectivity index (χ4n) is 4.59. The molecule has 1 unspecified atom stereocenters. The molecule has 0 radical (unpaired) electrons. The number of hydrogen-bond donors (Lipinski definition) is 1. The number of ether oxygens (including phenoxy) is 1. The Morgan fingerprint density at radius 1 is 1.03 bits per heavy atom. The Morgan fingerprint density at radius 3 is 2.59 bits per heavy atom. The van der Waals surface area contributed by atoms with E-state index in [1.165, 1.54) is 22.3 Å². The maximum absolute atomic E-state index is 11.6. The first-order valence-corrected chi connectivity index (χ1v) is 11.4. The monoisotopic (exact) mass is 429 g/mol. The standard InChI is InChI=1S/C28H31NO3/c1-20-17-22(18-29-16-7-6-13-26(29)28(30)31)14-15-27(20)32-19-24-11-8-12-25(21(24)2)23-9-4-3-5-10-23/h3-5,8-12,14-15,17,26H,6-7,13,16,18-19H2,1-2H3,(H,30,31). The molecular formula is C28H31NO3. The van der Waals surface area contributed by atoms with Gasteiger partial charge in [-0.2, -0.15) is 0 Å². The summed E-state index contributed by atoms with van der Waals surface area (Å²) in [5.41, 5.74) is 7.05. The number of likely N-dealkylation sites (tertiary alicyclic amines) is 1. The first-order chi connectivity index (χ1) is 15.5. The van der Waals surface area contributed by atoms with E-state index >= 15 is 0 Å². The molecule has 4 heteroatoms. The van der Waals surface area contributed by atoms with Crippen molar-refractivity contribution in [3.63, 3.8) is 0 Å². The summed E-state index contributed by atoms with van der Waals surface area (Å²) in [4.78, 5) is 13.7. The summed E-state index contributed by atoms with van der Waals surface area (Å²) in [6.45, 7) is 6.22. The third kappa shape index (κ3) is 5.03. The molecule has 0 saturated carbocycles. The van der Waals surface area contributed by atoms with Crippen LogP contribution in [0.2, 0.25) is 0 Å². The number of benzene rings is 3. The molecule has 1 aliphatic heterocycles. The molecule has 0 aliphatic carbocycles. The van der Waals surface area contributed by atoms with Crippen LogP contribution in [0.1, 0.15) is 41.5 Å². The zero-order valence-corrected chi connectivity index (χ0v) is 18.9. The maximum Gasteiger partial charge on any atom is 0.320 e. The van der Waals surface area contributed by atoms with E-state index in [0.29, 0.717) is 13.2 Å². The van der Waals surface area contributed by atoms with Crippen LogP contribution < -0.4 is 4.74 Å². The molecule has 1 N–H and O–H groups in total. The van der Waals surface area contributed by atoms with E-state index in [4.69, 9.17) is 4.74 Å². The number of piperidine rings is 1. The average molecular weight is 430 g/mol. The molecule has 3 aromatic rings. The Labute approximate surface area is 190 Å². The minimum atomic E-state index is -0.713. The minimum absolute atomic E-state index is 0.375. The van der Waals surface area contributed by atoms with Crippen LogP contribution in [0.3, 0.4) is 0 Å². The minimum Gasteiger partial charge on any atom is -0.489 e. The normalized spacial score (nSPS) is 16.6. The molecule has 1 fully saturated rings. The lowest BCUT2D eigenvalue weighted by molar-refractivity contribution is -0.144. The van der Waals surface area contributed by atoms with Gasteiger partial charge < -0.3 is 9.84 Å². The molecule has 1 heterocycles. The number of hydrogen-bond acceptors (Lipinski definition) is 3. The van der Waals surface area contributed by atoms with Crippen LogP contribution in [0.5, 0.6) is 5.75 Å². The van der Waals surface area contributed by atoms with Gasteiger partial charge in [0.1, 0.15) is 18.4 Å². The van der Waals surface area contributed by atoms with E-state index in [9.17, 15) is 9.90 Å². The molecule has 0 spiro atoms. The Morgan fingerprint density at radius 2 is 1.84 bits per heavy atom. The Hall–Kier alpha value is -3.11. The smallest absolute Gasteiger partial charge is 0.320 e. The van der Waals surface area contributed by atoms with Crippen molar-refractivity contribution >= 4 is 5.97 Å². The first-order valence-electron chi connectivity index (χ1n) is 11.4. The molecule has 1 aliphatic rings. The van der Waals surface area contributed by atoms with Crippen molar-refractivity contribution in [2.45, 2.75) is 52.3 Å². The fraction of sp³-hybridized carbons (Fsp3) is 0.321. The Balaban J connectivity index is 1.44. The van der Waals surface area contributed by atoms with E-state index in [-0.39, 0.29) is 6.04 Å². The topological polar surface area (TPSA) is 49.8 Å². The van der Waals surface area contributed by atoms with Crippen LogP contribution in [0, 0.1) is 13.8 Å². The van der Waals surface area contributed by atoms with Gasteiger partial charge in [-0.1, -0.05) is 67.1 Å². The highest BCUT2D eigenvalue weighted by molar-refractivity contribution is 5.73. The third-order valence-electron chi connectivity index (χ3n) is 6.44. The summed E-state index contributed by atoms with van der Waals surface area (Å²) in [5.74, 6) is 0.154. The highest BCUT2D eigenvalue weighted by Gasteiger charge is 2.28. The number of carbonyl (C=O) groups is 1. The van der Waals surface area contributed by atoms with Crippen molar-refractivity contribution in [2.24, 2.45) is 0 Å². The van der Waals surface area contributed by atoms with Crippen LogP contribution in [0.25, 0.3) is 11.1 Å². The van der Waals surface area contributed by atoms with Gasteiger partial charge in [0.05, 0.1) is 0 Å². The van der Waals surface area contributed by atoms with Crippen LogP contribution in [-0.4, -0.2) is 28.6 Å². The van der Waals surface area contributed by atoms with E-state index in [0.717, 1.165) is 42.7 Å². The van der Waals surface area contributed by atoms with Gasteiger partial charge in [-0.15, -0.1) is 0 Å². The number of nitrogens with zero attached hydrogens (tertiary/aromatic N) is 1. The molecule has 32 heavy (non-hydrogen) atoms. The Kier molecular flexibility index (Phi) is 6.91. The van der Waals surface area contributed by atoms with E-state index in [1.807, 2.05) is 12.1 Å². The van der Waals surface area contributed by atoms with Crippen molar-refractivity contribution in [1.29, 1.82) is 0 Å². The van der Waals surface area contributed by atoms with E-state index in [2.05, 4.69) is 73.3 Å². The van der Waals surface area contributed by atoms with Gasteiger partial charge in [0.15, 0.2) is 0 Å². The summed E-state index contributed by atoms with van der Waals surface area (Å²) in [6, 6.07) is 22.6. The predicted molar refractivity (Wildman–Crippen MR) is 128 cm³/mol. The van der Waals surface area contributed by atoms with Crippen LogP contribution in [0.4, 0.5) is 0 Å². The molecular weight excluding hydrogens is 398 g/mol. The SMILES string of the molecule is Cc1cc(CN2CCCCC2C(=O)O)ccc1OCc1cccc(-c2ccccc2)c1C. The highest BCUT2D eigenvalue weighted by Crippen LogP contribution is 2.28. The maximum atomic E-state index is 11.6. The molecule has 4 nitrogen and oxygen atoms in total.